The molecular weight excluding hydrogens is 381 g/mol. The number of halogens is 1. The predicted octanol–water partition coefficient (Wildman–Crippen LogP) is 2.13. The van der Waals surface area contributed by atoms with Gasteiger partial charge in [0.2, 0.25) is 5.89 Å². The lowest BCUT2D eigenvalue weighted by Gasteiger charge is -2.21. The maximum atomic E-state index is 4.96. The van der Waals surface area contributed by atoms with Gasteiger partial charge >= 0.3 is 0 Å². The van der Waals surface area contributed by atoms with Gasteiger partial charge in [0.15, 0.2) is 11.8 Å². The molecule has 2 heterocycles. The number of aromatic nitrogens is 2. The van der Waals surface area contributed by atoms with E-state index in [1.807, 2.05) is 6.07 Å². The summed E-state index contributed by atoms with van der Waals surface area (Å²) in [6.07, 6.45) is 1.04. The zero-order valence-corrected chi connectivity index (χ0v) is 14.4. The van der Waals surface area contributed by atoms with Gasteiger partial charge in [0.1, 0.15) is 0 Å². The molecule has 0 saturated carbocycles. The molecule has 0 amide bonds. The van der Waals surface area contributed by atoms with E-state index in [-0.39, 0.29) is 24.0 Å². The van der Waals surface area contributed by atoms with E-state index in [0.29, 0.717) is 18.3 Å². The van der Waals surface area contributed by atoms with E-state index in [2.05, 4.69) is 43.5 Å². The lowest BCUT2D eigenvalue weighted by Crippen LogP contribution is -2.40. The number of hydrogen-bond donors (Lipinski definition) is 1. The number of benzene rings is 1. The fraction of sp³-hybridized carbons (Fsp3) is 0.357. The summed E-state index contributed by atoms with van der Waals surface area (Å²) in [6.45, 7) is 3.22. The molecule has 21 heavy (non-hydrogen) atoms. The lowest BCUT2D eigenvalue weighted by atomic mass is 10.2. The molecule has 0 saturated heterocycles. The van der Waals surface area contributed by atoms with Crippen LogP contribution in [-0.2, 0) is 13.0 Å². The maximum absolute atomic E-state index is 4.96. The molecule has 1 aromatic carbocycles. The van der Waals surface area contributed by atoms with Crippen LogP contribution >= 0.6 is 24.0 Å². The molecule has 1 N–H and O–H groups in total. The highest BCUT2D eigenvalue weighted by atomic mass is 127. The van der Waals surface area contributed by atoms with Gasteiger partial charge in [-0.05, 0) is 18.1 Å². The average Bonchev–Trinajstić information content (AvgIpc) is 3.07. The Labute approximate surface area is 140 Å². The van der Waals surface area contributed by atoms with Crippen molar-refractivity contribution >= 4 is 35.6 Å². The van der Waals surface area contributed by atoms with Gasteiger partial charge in [-0.2, -0.15) is 4.98 Å². The van der Waals surface area contributed by atoms with Crippen molar-refractivity contribution < 1.29 is 4.52 Å². The Morgan fingerprint density at radius 2 is 2.24 bits per heavy atom. The smallest absolute Gasteiger partial charge is 0.223 e. The quantitative estimate of drug-likeness (QED) is 0.476. The van der Waals surface area contributed by atoms with Crippen LogP contribution in [0.2, 0.25) is 0 Å². The number of hydrogen-bond acceptors (Lipinski definition) is 4. The van der Waals surface area contributed by atoms with Gasteiger partial charge in [0.05, 0.1) is 6.54 Å². The van der Waals surface area contributed by atoms with Crippen LogP contribution in [0.1, 0.15) is 17.3 Å². The lowest BCUT2D eigenvalue weighted by molar-refractivity contribution is 0.387. The minimum absolute atomic E-state index is 0. The van der Waals surface area contributed by atoms with Gasteiger partial charge in [0.25, 0.3) is 0 Å². The fourth-order valence-electron chi connectivity index (χ4n) is 2.42. The van der Waals surface area contributed by atoms with Crippen molar-refractivity contribution in [3.05, 3.63) is 41.5 Å². The van der Waals surface area contributed by atoms with E-state index in [1.54, 1.807) is 14.0 Å². The summed E-state index contributed by atoms with van der Waals surface area (Å²) in [6, 6.07) is 8.40. The molecule has 112 valence electrons. The van der Waals surface area contributed by atoms with Crippen molar-refractivity contribution in [3.63, 3.8) is 0 Å². The first-order valence-corrected chi connectivity index (χ1v) is 6.63. The Kier molecular flexibility index (Phi) is 5.16. The largest absolute Gasteiger partial charge is 0.349 e. The third kappa shape index (κ3) is 3.34. The number of aliphatic imine (C=N–C) groups is 1. The minimum Gasteiger partial charge on any atom is -0.349 e. The molecule has 0 fully saturated rings. The second-order valence-corrected chi connectivity index (χ2v) is 4.66. The Morgan fingerprint density at radius 1 is 1.43 bits per heavy atom. The SMILES string of the molecule is CN=C(NCc1noc(C)n1)N1CCc2ccccc21.I. The van der Waals surface area contributed by atoms with Crippen LogP contribution in [0.25, 0.3) is 0 Å². The summed E-state index contributed by atoms with van der Waals surface area (Å²) in [7, 11) is 1.78. The van der Waals surface area contributed by atoms with Gasteiger partial charge in [0, 0.05) is 26.2 Å². The van der Waals surface area contributed by atoms with Gasteiger partial charge < -0.3 is 14.7 Å². The van der Waals surface area contributed by atoms with Gasteiger partial charge in [-0.15, -0.1) is 24.0 Å². The molecule has 3 rings (SSSR count). The number of aryl methyl sites for hydroxylation is 1. The van der Waals surface area contributed by atoms with Crippen molar-refractivity contribution in [3.8, 4) is 0 Å². The van der Waals surface area contributed by atoms with Gasteiger partial charge in [-0.3, -0.25) is 4.99 Å². The first-order chi connectivity index (χ1) is 9.78. The standard InChI is InChI=1S/C14H17N5O.HI/c1-10-17-13(18-20-10)9-16-14(15-2)19-8-7-11-5-3-4-6-12(11)19;/h3-6H,7-9H2,1-2H3,(H,15,16);1H. The van der Waals surface area contributed by atoms with E-state index < -0.39 is 0 Å². The normalized spacial score (nSPS) is 13.8. The molecule has 0 radical (unpaired) electrons. The van der Waals surface area contributed by atoms with E-state index >= 15 is 0 Å². The summed E-state index contributed by atoms with van der Waals surface area (Å²) in [5, 5.41) is 7.14. The fourth-order valence-corrected chi connectivity index (χ4v) is 2.42. The molecule has 0 aliphatic carbocycles. The summed E-state index contributed by atoms with van der Waals surface area (Å²) in [5.74, 6) is 2.04. The maximum Gasteiger partial charge on any atom is 0.223 e. The first kappa shape index (κ1) is 15.7. The zero-order valence-electron chi connectivity index (χ0n) is 12.0. The van der Waals surface area contributed by atoms with Crippen molar-refractivity contribution in [1.29, 1.82) is 0 Å². The zero-order chi connectivity index (χ0) is 13.9. The van der Waals surface area contributed by atoms with Crippen molar-refractivity contribution in [1.82, 2.24) is 15.5 Å². The molecule has 0 unspecified atom stereocenters. The molecule has 0 bridgehead atoms. The average molecular weight is 399 g/mol. The number of nitrogens with zero attached hydrogens (tertiary/aromatic N) is 4. The monoisotopic (exact) mass is 399 g/mol. The third-order valence-electron chi connectivity index (χ3n) is 3.33. The summed E-state index contributed by atoms with van der Waals surface area (Å²) >= 11 is 0. The first-order valence-electron chi connectivity index (χ1n) is 6.63. The van der Waals surface area contributed by atoms with Crippen LogP contribution in [0.15, 0.2) is 33.8 Å². The minimum atomic E-state index is 0. The van der Waals surface area contributed by atoms with E-state index in [0.717, 1.165) is 18.9 Å². The Hall–Kier alpha value is -1.64. The van der Waals surface area contributed by atoms with Crippen LogP contribution in [0.3, 0.4) is 0 Å². The summed E-state index contributed by atoms with van der Waals surface area (Å²) in [4.78, 5) is 10.7. The van der Waals surface area contributed by atoms with Crippen LogP contribution in [-0.4, -0.2) is 29.7 Å². The second kappa shape index (κ2) is 6.88. The van der Waals surface area contributed by atoms with E-state index in [1.165, 1.54) is 11.3 Å². The molecular formula is C14H18IN5O. The van der Waals surface area contributed by atoms with E-state index in [9.17, 15) is 0 Å². The Balaban J connectivity index is 0.00000161. The number of anilines is 1. The van der Waals surface area contributed by atoms with E-state index in [4.69, 9.17) is 4.52 Å². The van der Waals surface area contributed by atoms with Gasteiger partial charge in [-0.1, -0.05) is 23.4 Å². The van der Waals surface area contributed by atoms with Crippen LogP contribution < -0.4 is 10.2 Å². The number of guanidine groups is 1. The molecule has 1 aliphatic rings. The predicted molar refractivity (Wildman–Crippen MR) is 92.1 cm³/mol. The highest BCUT2D eigenvalue weighted by Crippen LogP contribution is 2.27. The topological polar surface area (TPSA) is 66.5 Å². The molecule has 1 aromatic heterocycles. The number of rotatable bonds is 2. The van der Waals surface area contributed by atoms with Crippen molar-refractivity contribution in [2.45, 2.75) is 19.9 Å². The molecule has 0 spiro atoms. The van der Waals surface area contributed by atoms with Crippen molar-refractivity contribution in [2.75, 3.05) is 18.5 Å². The van der Waals surface area contributed by atoms with Crippen LogP contribution in [0.5, 0.6) is 0 Å². The van der Waals surface area contributed by atoms with Gasteiger partial charge in [-0.25, -0.2) is 0 Å². The number of fused-ring (bicyclic) bond motifs is 1. The third-order valence-corrected chi connectivity index (χ3v) is 3.33. The Bertz CT molecular complexity index is 640. The Morgan fingerprint density at radius 3 is 2.95 bits per heavy atom. The molecule has 2 aromatic rings. The van der Waals surface area contributed by atoms with Crippen LogP contribution in [0, 0.1) is 6.92 Å². The van der Waals surface area contributed by atoms with Crippen LogP contribution in [0.4, 0.5) is 5.69 Å². The second-order valence-electron chi connectivity index (χ2n) is 4.66. The molecule has 1 aliphatic heterocycles. The van der Waals surface area contributed by atoms with Crippen molar-refractivity contribution in [2.24, 2.45) is 4.99 Å². The highest BCUT2D eigenvalue weighted by molar-refractivity contribution is 14.0. The molecule has 6 nitrogen and oxygen atoms in total. The number of nitrogens with one attached hydrogen (secondary N) is 1. The molecule has 0 atom stereocenters. The molecule has 7 heteroatoms. The highest BCUT2D eigenvalue weighted by Gasteiger charge is 2.22. The summed E-state index contributed by atoms with van der Waals surface area (Å²) < 4.78 is 4.96. The number of para-hydroxylation sites is 1. The summed E-state index contributed by atoms with van der Waals surface area (Å²) in [5.41, 5.74) is 2.57.